The maximum atomic E-state index is 5.96. The highest BCUT2D eigenvalue weighted by Crippen LogP contribution is 2.25. The maximum absolute atomic E-state index is 5.96. The van der Waals surface area contributed by atoms with Gasteiger partial charge in [-0.25, -0.2) is 4.98 Å². The molecule has 3 heteroatoms. The van der Waals surface area contributed by atoms with Crippen molar-refractivity contribution in [3.63, 3.8) is 0 Å². The molecule has 0 aliphatic rings. The Morgan fingerprint density at radius 2 is 1.79 bits per heavy atom. The van der Waals surface area contributed by atoms with E-state index < -0.39 is 0 Å². The topological polar surface area (TPSA) is 27.1 Å². The minimum absolute atomic E-state index is 0.149. The summed E-state index contributed by atoms with van der Waals surface area (Å²) in [5, 5.41) is 0. The van der Waals surface area contributed by atoms with Crippen LogP contribution in [0.15, 0.2) is 61.2 Å². The standard InChI is InChI=1S/C21H24N2O/c1-5-14-23-19-9-7-6-8-18(19)22-20(23)15-24-17-12-10-16(11-13-17)21(2,3)4/h5-13H,1,14-15H2,2-4H3. The molecular formula is C21H24N2O. The second kappa shape index (κ2) is 6.52. The van der Waals surface area contributed by atoms with Crippen LogP contribution in [0.1, 0.15) is 32.2 Å². The number of allylic oxidation sites excluding steroid dienone is 1. The summed E-state index contributed by atoms with van der Waals surface area (Å²) in [6.45, 7) is 11.6. The number of imidazole rings is 1. The second-order valence-corrected chi connectivity index (χ2v) is 6.98. The van der Waals surface area contributed by atoms with Crippen LogP contribution >= 0.6 is 0 Å². The van der Waals surface area contributed by atoms with Crippen LogP contribution in [-0.2, 0) is 18.6 Å². The molecule has 3 aromatic rings. The molecular weight excluding hydrogens is 296 g/mol. The first-order valence-corrected chi connectivity index (χ1v) is 8.27. The molecule has 0 aliphatic heterocycles. The van der Waals surface area contributed by atoms with Crippen molar-refractivity contribution in [3.8, 4) is 5.75 Å². The molecule has 0 unspecified atom stereocenters. The zero-order chi connectivity index (χ0) is 17.2. The van der Waals surface area contributed by atoms with Gasteiger partial charge in [0.15, 0.2) is 0 Å². The van der Waals surface area contributed by atoms with Crippen LogP contribution in [0.4, 0.5) is 0 Å². The molecule has 124 valence electrons. The number of fused-ring (bicyclic) bond motifs is 1. The lowest BCUT2D eigenvalue weighted by Crippen LogP contribution is -2.10. The third-order valence-corrected chi connectivity index (χ3v) is 4.13. The number of aromatic nitrogens is 2. The van der Waals surface area contributed by atoms with Gasteiger partial charge in [0, 0.05) is 6.54 Å². The van der Waals surface area contributed by atoms with Crippen LogP contribution < -0.4 is 4.74 Å². The summed E-state index contributed by atoms with van der Waals surface area (Å²) >= 11 is 0. The first-order valence-electron chi connectivity index (χ1n) is 8.27. The number of hydrogen-bond donors (Lipinski definition) is 0. The Bertz CT molecular complexity index is 838. The van der Waals surface area contributed by atoms with E-state index in [0.29, 0.717) is 6.61 Å². The summed E-state index contributed by atoms with van der Waals surface area (Å²) in [6.07, 6.45) is 1.88. The molecule has 1 aromatic heterocycles. The van der Waals surface area contributed by atoms with E-state index in [9.17, 15) is 0 Å². The summed E-state index contributed by atoms with van der Waals surface area (Å²) in [5.74, 6) is 1.77. The van der Waals surface area contributed by atoms with Gasteiger partial charge in [0.05, 0.1) is 11.0 Å². The number of nitrogens with zero attached hydrogens (tertiary/aromatic N) is 2. The predicted octanol–water partition coefficient (Wildman–Crippen LogP) is 5.10. The Morgan fingerprint density at radius 1 is 1.08 bits per heavy atom. The summed E-state index contributed by atoms with van der Waals surface area (Å²) in [4.78, 5) is 4.69. The molecule has 0 saturated heterocycles. The van der Waals surface area contributed by atoms with E-state index in [2.05, 4.69) is 50.1 Å². The molecule has 2 aromatic carbocycles. The monoisotopic (exact) mass is 320 g/mol. The highest BCUT2D eigenvalue weighted by Gasteiger charge is 2.13. The van der Waals surface area contributed by atoms with Gasteiger partial charge in [-0.1, -0.05) is 51.1 Å². The van der Waals surface area contributed by atoms with E-state index in [-0.39, 0.29) is 5.41 Å². The fraction of sp³-hybridized carbons (Fsp3) is 0.286. The van der Waals surface area contributed by atoms with Gasteiger partial charge in [0.2, 0.25) is 0 Å². The summed E-state index contributed by atoms with van der Waals surface area (Å²) in [6, 6.07) is 16.4. The highest BCUT2D eigenvalue weighted by molar-refractivity contribution is 5.75. The Hall–Kier alpha value is -2.55. The van der Waals surface area contributed by atoms with Gasteiger partial charge in [0.25, 0.3) is 0 Å². The maximum Gasteiger partial charge on any atom is 0.148 e. The molecule has 0 atom stereocenters. The van der Waals surface area contributed by atoms with E-state index in [1.807, 2.05) is 36.4 Å². The summed E-state index contributed by atoms with van der Waals surface area (Å²) < 4.78 is 8.10. The summed E-state index contributed by atoms with van der Waals surface area (Å²) in [7, 11) is 0. The Balaban J connectivity index is 1.80. The van der Waals surface area contributed by atoms with Gasteiger partial charge >= 0.3 is 0 Å². The number of hydrogen-bond acceptors (Lipinski definition) is 2. The minimum atomic E-state index is 0.149. The molecule has 0 bridgehead atoms. The average molecular weight is 320 g/mol. The van der Waals surface area contributed by atoms with Crippen molar-refractivity contribution in [2.45, 2.75) is 39.3 Å². The molecule has 3 rings (SSSR count). The van der Waals surface area contributed by atoms with Crippen LogP contribution in [-0.4, -0.2) is 9.55 Å². The van der Waals surface area contributed by atoms with Gasteiger partial charge < -0.3 is 9.30 Å². The number of rotatable bonds is 5. The Morgan fingerprint density at radius 3 is 2.46 bits per heavy atom. The van der Waals surface area contributed by atoms with E-state index >= 15 is 0 Å². The number of benzene rings is 2. The van der Waals surface area contributed by atoms with Crippen molar-refractivity contribution >= 4 is 11.0 Å². The zero-order valence-electron chi connectivity index (χ0n) is 14.6. The molecule has 0 aliphatic carbocycles. The van der Waals surface area contributed by atoms with Crippen LogP contribution in [0.5, 0.6) is 5.75 Å². The van der Waals surface area contributed by atoms with Crippen LogP contribution in [0.3, 0.4) is 0 Å². The number of ether oxygens (including phenoxy) is 1. The van der Waals surface area contributed by atoms with Gasteiger partial charge in [-0.2, -0.15) is 0 Å². The number of para-hydroxylation sites is 2. The molecule has 0 fully saturated rings. The SMILES string of the molecule is C=CCn1c(COc2ccc(C(C)(C)C)cc2)nc2ccccc21. The fourth-order valence-corrected chi connectivity index (χ4v) is 2.77. The average Bonchev–Trinajstić information content (AvgIpc) is 2.91. The van der Waals surface area contributed by atoms with Crippen molar-refractivity contribution < 1.29 is 4.74 Å². The van der Waals surface area contributed by atoms with Gasteiger partial charge in [0.1, 0.15) is 18.2 Å². The highest BCUT2D eigenvalue weighted by atomic mass is 16.5. The van der Waals surface area contributed by atoms with Gasteiger partial charge in [-0.15, -0.1) is 6.58 Å². The molecule has 0 spiro atoms. The van der Waals surface area contributed by atoms with Crippen LogP contribution in [0.25, 0.3) is 11.0 Å². The zero-order valence-corrected chi connectivity index (χ0v) is 14.6. The minimum Gasteiger partial charge on any atom is -0.486 e. The molecule has 24 heavy (non-hydrogen) atoms. The first-order chi connectivity index (χ1) is 11.5. The fourth-order valence-electron chi connectivity index (χ4n) is 2.77. The van der Waals surface area contributed by atoms with E-state index in [0.717, 1.165) is 29.2 Å². The molecule has 1 heterocycles. The Labute approximate surface area is 143 Å². The molecule has 3 nitrogen and oxygen atoms in total. The van der Waals surface area contributed by atoms with Gasteiger partial charge in [-0.05, 0) is 35.2 Å². The largest absolute Gasteiger partial charge is 0.486 e. The second-order valence-electron chi connectivity index (χ2n) is 6.98. The molecule has 0 saturated carbocycles. The van der Waals surface area contributed by atoms with Crippen LogP contribution in [0.2, 0.25) is 0 Å². The lowest BCUT2D eigenvalue weighted by Gasteiger charge is -2.19. The van der Waals surface area contributed by atoms with Crippen molar-refractivity contribution in [1.29, 1.82) is 0 Å². The van der Waals surface area contributed by atoms with Crippen LogP contribution in [0, 0.1) is 0 Å². The van der Waals surface area contributed by atoms with E-state index in [1.165, 1.54) is 5.56 Å². The summed E-state index contributed by atoms with van der Waals surface area (Å²) in [5.41, 5.74) is 3.55. The quantitative estimate of drug-likeness (QED) is 0.612. The third-order valence-electron chi connectivity index (χ3n) is 4.13. The van der Waals surface area contributed by atoms with Crippen molar-refractivity contribution in [2.24, 2.45) is 0 Å². The smallest absolute Gasteiger partial charge is 0.148 e. The molecule has 0 amide bonds. The van der Waals surface area contributed by atoms with E-state index in [4.69, 9.17) is 9.72 Å². The lowest BCUT2D eigenvalue weighted by atomic mass is 9.87. The lowest BCUT2D eigenvalue weighted by molar-refractivity contribution is 0.291. The molecule has 0 radical (unpaired) electrons. The normalized spacial score (nSPS) is 11.6. The third kappa shape index (κ3) is 3.35. The van der Waals surface area contributed by atoms with Crippen molar-refractivity contribution in [3.05, 3.63) is 72.6 Å². The van der Waals surface area contributed by atoms with Gasteiger partial charge in [-0.3, -0.25) is 0 Å². The van der Waals surface area contributed by atoms with E-state index in [1.54, 1.807) is 0 Å². The first kappa shape index (κ1) is 16.3. The predicted molar refractivity (Wildman–Crippen MR) is 99.4 cm³/mol. The Kier molecular flexibility index (Phi) is 4.43. The van der Waals surface area contributed by atoms with Crippen molar-refractivity contribution in [1.82, 2.24) is 9.55 Å². The molecule has 0 N–H and O–H groups in total. The van der Waals surface area contributed by atoms with Crippen molar-refractivity contribution in [2.75, 3.05) is 0 Å².